The van der Waals surface area contributed by atoms with Crippen LogP contribution in [0.4, 0.5) is 0 Å². The number of ether oxygens (including phenoxy) is 2. The molecule has 1 aromatic heterocycles. The van der Waals surface area contributed by atoms with Crippen LogP contribution in [0.3, 0.4) is 0 Å². The van der Waals surface area contributed by atoms with Gasteiger partial charge in [0.1, 0.15) is 5.75 Å². The molecular formula is C11H11BrN2O2. The van der Waals surface area contributed by atoms with Crippen LogP contribution < -0.4 is 4.74 Å². The van der Waals surface area contributed by atoms with Crippen LogP contribution in [0, 0.1) is 0 Å². The van der Waals surface area contributed by atoms with Crippen LogP contribution in [0.25, 0.3) is 11.0 Å². The molecule has 0 N–H and O–H groups in total. The molecule has 0 bridgehead atoms. The smallest absolute Gasteiger partial charge is 0.135 e. The summed E-state index contributed by atoms with van der Waals surface area (Å²) in [5.41, 5.74) is 2.06. The van der Waals surface area contributed by atoms with Crippen LogP contribution in [0.2, 0.25) is 0 Å². The Bertz CT molecular complexity index is 534. The quantitative estimate of drug-likeness (QED) is 0.849. The molecule has 1 aromatic carbocycles. The Labute approximate surface area is 101 Å². The Morgan fingerprint density at radius 3 is 2.94 bits per heavy atom. The minimum absolute atomic E-state index is 0.422. The van der Waals surface area contributed by atoms with E-state index in [2.05, 4.69) is 25.5 Å². The summed E-state index contributed by atoms with van der Waals surface area (Å²) < 4.78 is 13.5. The minimum atomic E-state index is 0.422. The molecule has 0 spiro atoms. The van der Waals surface area contributed by atoms with Gasteiger partial charge in [-0.25, -0.2) is 4.98 Å². The Morgan fingerprint density at radius 2 is 2.31 bits per heavy atom. The number of fused-ring (bicyclic) bond motifs is 1. The lowest BCUT2D eigenvalue weighted by Crippen LogP contribution is -2.30. The second kappa shape index (κ2) is 3.75. The molecule has 1 aliphatic rings. The summed E-state index contributed by atoms with van der Waals surface area (Å²) in [5, 5.41) is 0. The fourth-order valence-electron chi connectivity index (χ4n) is 1.86. The molecule has 1 aliphatic heterocycles. The number of hydrogen-bond acceptors (Lipinski definition) is 3. The number of benzene rings is 1. The van der Waals surface area contributed by atoms with Crippen LogP contribution in [0.1, 0.15) is 6.04 Å². The third-order valence-electron chi connectivity index (χ3n) is 2.86. The lowest BCUT2D eigenvalue weighted by molar-refractivity contribution is -0.0216. The van der Waals surface area contributed by atoms with Crippen LogP contribution in [-0.4, -0.2) is 29.9 Å². The van der Waals surface area contributed by atoms with E-state index in [9.17, 15) is 0 Å². The van der Waals surface area contributed by atoms with Crippen molar-refractivity contribution in [2.24, 2.45) is 0 Å². The van der Waals surface area contributed by atoms with Crippen LogP contribution in [0.5, 0.6) is 5.75 Å². The van der Waals surface area contributed by atoms with Crippen LogP contribution in [0.15, 0.2) is 22.9 Å². The lowest BCUT2D eigenvalue weighted by atomic mass is 10.2. The largest absolute Gasteiger partial charge is 0.495 e. The van der Waals surface area contributed by atoms with Gasteiger partial charge in [0.2, 0.25) is 0 Å². The lowest BCUT2D eigenvalue weighted by Gasteiger charge is -2.27. The third-order valence-corrected chi connectivity index (χ3v) is 3.48. The van der Waals surface area contributed by atoms with Crippen molar-refractivity contribution in [3.8, 4) is 5.75 Å². The molecule has 5 heteroatoms. The van der Waals surface area contributed by atoms with Gasteiger partial charge in [-0.1, -0.05) is 0 Å². The third kappa shape index (κ3) is 1.43. The normalized spacial score (nSPS) is 16.4. The number of methoxy groups -OCH3 is 1. The number of nitrogens with zero attached hydrogens (tertiary/aromatic N) is 2. The molecule has 2 heterocycles. The second-order valence-electron chi connectivity index (χ2n) is 3.82. The Morgan fingerprint density at radius 1 is 1.50 bits per heavy atom. The summed E-state index contributed by atoms with van der Waals surface area (Å²) in [4.78, 5) is 4.38. The van der Waals surface area contributed by atoms with E-state index in [1.54, 1.807) is 7.11 Å². The zero-order valence-electron chi connectivity index (χ0n) is 8.81. The fraction of sp³-hybridized carbons (Fsp3) is 0.364. The van der Waals surface area contributed by atoms with Crippen LogP contribution in [-0.2, 0) is 4.74 Å². The molecule has 4 nitrogen and oxygen atoms in total. The van der Waals surface area contributed by atoms with Gasteiger partial charge < -0.3 is 14.0 Å². The molecule has 16 heavy (non-hydrogen) atoms. The molecular weight excluding hydrogens is 272 g/mol. The molecule has 1 fully saturated rings. The molecule has 0 aliphatic carbocycles. The SMILES string of the molecule is COc1cc2ncn(C3COC3)c2cc1Br. The Hall–Kier alpha value is -1.07. The van der Waals surface area contributed by atoms with Gasteiger partial charge in [0, 0.05) is 6.07 Å². The number of rotatable bonds is 2. The predicted molar refractivity (Wildman–Crippen MR) is 63.8 cm³/mol. The van der Waals surface area contributed by atoms with Crippen molar-refractivity contribution >= 4 is 27.0 Å². The van der Waals surface area contributed by atoms with Gasteiger partial charge in [-0.2, -0.15) is 0 Å². The second-order valence-corrected chi connectivity index (χ2v) is 4.67. The summed E-state index contributed by atoms with van der Waals surface area (Å²) >= 11 is 3.49. The molecule has 3 rings (SSSR count). The van der Waals surface area contributed by atoms with Crippen molar-refractivity contribution in [2.75, 3.05) is 20.3 Å². The predicted octanol–water partition coefficient (Wildman–Crippen LogP) is 2.38. The van der Waals surface area contributed by atoms with E-state index in [4.69, 9.17) is 9.47 Å². The maximum Gasteiger partial charge on any atom is 0.135 e. The van der Waals surface area contributed by atoms with E-state index in [1.807, 2.05) is 18.5 Å². The highest BCUT2D eigenvalue weighted by molar-refractivity contribution is 9.10. The summed E-state index contributed by atoms with van der Waals surface area (Å²) in [6, 6.07) is 4.40. The zero-order valence-corrected chi connectivity index (χ0v) is 10.4. The van der Waals surface area contributed by atoms with Crippen molar-refractivity contribution in [1.29, 1.82) is 0 Å². The highest BCUT2D eigenvalue weighted by Gasteiger charge is 2.22. The first-order chi connectivity index (χ1) is 7.79. The highest BCUT2D eigenvalue weighted by atomic mass is 79.9. The number of hydrogen-bond donors (Lipinski definition) is 0. The Balaban J connectivity index is 2.15. The molecule has 1 saturated heterocycles. The van der Waals surface area contributed by atoms with E-state index in [0.717, 1.165) is 34.5 Å². The molecule has 0 radical (unpaired) electrons. The zero-order chi connectivity index (χ0) is 11.1. The van der Waals surface area contributed by atoms with Gasteiger partial charge in [-0.05, 0) is 22.0 Å². The first kappa shape index (κ1) is 10.1. The average molecular weight is 283 g/mol. The fourth-order valence-corrected chi connectivity index (χ4v) is 2.35. The average Bonchev–Trinajstić information content (AvgIpc) is 2.58. The summed E-state index contributed by atoms with van der Waals surface area (Å²) in [7, 11) is 1.66. The van der Waals surface area contributed by atoms with E-state index >= 15 is 0 Å². The van der Waals surface area contributed by atoms with Gasteiger partial charge in [-0.3, -0.25) is 0 Å². The topological polar surface area (TPSA) is 36.3 Å². The summed E-state index contributed by atoms with van der Waals surface area (Å²) in [6.45, 7) is 1.55. The maximum atomic E-state index is 5.24. The molecule has 84 valence electrons. The number of imidazole rings is 1. The molecule has 0 saturated carbocycles. The molecule has 2 aromatic rings. The molecule has 0 amide bonds. The van der Waals surface area contributed by atoms with Crippen LogP contribution >= 0.6 is 15.9 Å². The molecule has 0 atom stereocenters. The first-order valence-electron chi connectivity index (χ1n) is 5.07. The van der Waals surface area contributed by atoms with E-state index in [1.165, 1.54) is 0 Å². The monoisotopic (exact) mass is 282 g/mol. The van der Waals surface area contributed by atoms with Crippen molar-refractivity contribution in [2.45, 2.75) is 6.04 Å². The highest BCUT2D eigenvalue weighted by Crippen LogP contribution is 2.31. The van der Waals surface area contributed by atoms with Crippen molar-refractivity contribution in [3.63, 3.8) is 0 Å². The van der Waals surface area contributed by atoms with Crippen molar-refractivity contribution in [1.82, 2.24) is 9.55 Å². The van der Waals surface area contributed by atoms with E-state index < -0.39 is 0 Å². The number of aromatic nitrogens is 2. The van der Waals surface area contributed by atoms with Gasteiger partial charge >= 0.3 is 0 Å². The van der Waals surface area contributed by atoms with Crippen molar-refractivity contribution in [3.05, 3.63) is 22.9 Å². The van der Waals surface area contributed by atoms with Gasteiger partial charge in [0.15, 0.2) is 0 Å². The van der Waals surface area contributed by atoms with Gasteiger partial charge in [0.25, 0.3) is 0 Å². The maximum absolute atomic E-state index is 5.24. The van der Waals surface area contributed by atoms with E-state index in [-0.39, 0.29) is 0 Å². The minimum Gasteiger partial charge on any atom is -0.495 e. The van der Waals surface area contributed by atoms with E-state index in [0.29, 0.717) is 6.04 Å². The Kier molecular flexibility index (Phi) is 2.37. The number of halogens is 1. The summed E-state index contributed by atoms with van der Waals surface area (Å²) in [6.07, 6.45) is 1.86. The summed E-state index contributed by atoms with van der Waals surface area (Å²) in [5.74, 6) is 0.808. The van der Waals surface area contributed by atoms with Gasteiger partial charge in [-0.15, -0.1) is 0 Å². The standard InChI is InChI=1S/C11H11BrN2O2/c1-15-11-3-9-10(2-8(11)12)14(6-13-9)7-4-16-5-7/h2-3,6-7H,4-5H2,1H3. The van der Waals surface area contributed by atoms with Gasteiger partial charge in [0.05, 0.1) is 48.2 Å². The first-order valence-corrected chi connectivity index (χ1v) is 5.86. The van der Waals surface area contributed by atoms with Crippen molar-refractivity contribution < 1.29 is 9.47 Å². The molecule has 0 unspecified atom stereocenters.